The smallest absolute Gasteiger partial charge is 0.406 e. The van der Waals surface area contributed by atoms with Crippen LogP contribution in [0.3, 0.4) is 0 Å². The maximum atomic E-state index is 15.3. The number of halogens is 5. The molecule has 0 unspecified atom stereocenters. The normalized spacial score (nSPS) is 16.2. The average molecular weight is 580 g/mol. The Morgan fingerprint density at radius 2 is 1.65 bits per heavy atom. The zero-order valence-electron chi connectivity index (χ0n) is 21.8. The molecule has 0 aliphatic carbocycles. The van der Waals surface area contributed by atoms with Crippen molar-refractivity contribution in [3.05, 3.63) is 77.9 Å². The molecule has 1 fully saturated rings. The van der Waals surface area contributed by atoms with E-state index in [9.17, 15) is 27.3 Å². The predicted octanol–water partition coefficient (Wildman–Crippen LogP) is 6.72. The van der Waals surface area contributed by atoms with Gasteiger partial charge in [0.15, 0.2) is 11.6 Å². The van der Waals surface area contributed by atoms with Gasteiger partial charge in [0.05, 0.1) is 0 Å². The van der Waals surface area contributed by atoms with Gasteiger partial charge < -0.3 is 14.2 Å². The molecule has 40 heavy (non-hydrogen) atoms. The van der Waals surface area contributed by atoms with Crippen LogP contribution in [-0.2, 0) is 20.6 Å². The highest BCUT2D eigenvalue weighted by Gasteiger charge is 2.34. The number of nitrogens with zero attached hydrogens (tertiary/aromatic N) is 1. The van der Waals surface area contributed by atoms with Crippen LogP contribution in [0, 0.1) is 17.6 Å². The third kappa shape index (κ3) is 6.97. The van der Waals surface area contributed by atoms with Gasteiger partial charge >= 0.3 is 6.36 Å². The molecule has 1 heterocycles. The van der Waals surface area contributed by atoms with E-state index in [-0.39, 0.29) is 30.7 Å². The van der Waals surface area contributed by atoms with Crippen LogP contribution in [-0.4, -0.2) is 37.9 Å². The molecule has 1 saturated heterocycles. The van der Waals surface area contributed by atoms with Gasteiger partial charge in [-0.1, -0.05) is 36.4 Å². The van der Waals surface area contributed by atoms with Crippen molar-refractivity contribution in [2.45, 2.75) is 32.0 Å². The molecule has 4 rings (SSSR count). The summed E-state index contributed by atoms with van der Waals surface area (Å²) in [5, 5.41) is 0.483. The van der Waals surface area contributed by atoms with E-state index in [4.69, 9.17) is 0 Å². The summed E-state index contributed by atoms with van der Waals surface area (Å²) >= 11 is 0. The monoisotopic (exact) mass is 579 g/mol. The van der Waals surface area contributed by atoms with Gasteiger partial charge in [-0.05, 0) is 67.1 Å². The predicted molar refractivity (Wildman–Crippen MR) is 142 cm³/mol. The van der Waals surface area contributed by atoms with Crippen LogP contribution in [0.5, 0.6) is 5.75 Å². The van der Waals surface area contributed by atoms with Crippen molar-refractivity contribution >= 4 is 29.8 Å². The maximum absolute atomic E-state index is 15.3. The molecule has 5 nitrogen and oxygen atoms in total. The number of piperidine rings is 1. The molecular formula is C29H27F5NO4P. The standard InChI is InChI=1S/C29H27F5NO4P/c1-40(2,38)26-8-4-3-7-23(26)20-16-24(30)27(25(31)17-20)35-13-5-6-19(28(35)37)15-21(36)14-18-9-11-22(12-10-18)39-29(32,33)34/h3-4,7-12,16-17,19H,5-6,13-15H2,1-2H3/t19-/m0/s1. The fourth-order valence-electron chi connectivity index (χ4n) is 4.91. The minimum atomic E-state index is -4.83. The second-order valence-corrected chi connectivity index (χ2v) is 13.3. The quantitative estimate of drug-likeness (QED) is 0.220. The molecule has 11 heteroatoms. The van der Waals surface area contributed by atoms with E-state index >= 15 is 8.78 Å². The number of benzene rings is 3. The van der Waals surface area contributed by atoms with Crippen LogP contribution in [0.1, 0.15) is 24.8 Å². The molecule has 0 spiro atoms. The number of ketones is 1. The van der Waals surface area contributed by atoms with E-state index in [1.54, 1.807) is 37.6 Å². The van der Waals surface area contributed by atoms with Gasteiger partial charge in [0.25, 0.3) is 0 Å². The highest BCUT2D eigenvalue weighted by Crippen LogP contribution is 2.40. The Morgan fingerprint density at radius 1 is 1.02 bits per heavy atom. The Bertz CT molecular complexity index is 1440. The molecule has 3 aromatic carbocycles. The zero-order chi connectivity index (χ0) is 29.2. The molecule has 212 valence electrons. The highest BCUT2D eigenvalue weighted by atomic mass is 31.2. The molecule has 3 aromatic rings. The van der Waals surface area contributed by atoms with E-state index in [0.29, 0.717) is 29.3 Å². The summed E-state index contributed by atoms with van der Waals surface area (Å²) in [7, 11) is -2.75. The van der Waals surface area contributed by atoms with Gasteiger partial charge in [0, 0.05) is 30.6 Å². The third-order valence-corrected chi connectivity index (χ3v) is 8.21. The first-order valence-electron chi connectivity index (χ1n) is 12.5. The second-order valence-electron chi connectivity index (χ2n) is 10.1. The van der Waals surface area contributed by atoms with E-state index in [0.717, 1.165) is 29.2 Å². The van der Waals surface area contributed by atoms with Gasteiger partial charge in [0.2, 0.25) is 5.91 Å². The highest BCUT2D eigenvalue weighted by molar-refractivity contribution is 7.70. The largest absolute Gasteiger partial charge is 0.573 e. The summed E-state index contributed by atoms with van der Waals surface area (Å²) in [6, 6.07) is 13.7. The van der Waals surface area contributed by atoms with Crippen molar-refractivity contribution in [2.75, 3.05) is 24.8 Å². The lowest BCUT2D eigenvalue weighted by atomic mass is 9.90. The minimum absolute atomic E-state index is 0.0765. The molecular weight excluding hydrogens is 552 g/mol. The van der Waals surface area contributed by atoms with Gasteiger partial charge in [-0.15, -0.1) is 13.2 Å². The molecule has 1 aliphatic heterocycles. The Hall–Kier alpha value is -3.52. The van der Waals surface area contributed by atoms with Gasteiger partial charge in [-0.25, -0.2) is 8.78 Å². The first kappa shape index (κ1) is 29.5. The van der Waals surface area contributed by atoms with Crippen molar-refractivity contribution < 1.29 is 40.8 Å². The van der Waals surface area contributed by atoms with Crippen LogP contribution in [0.25, 0.3) is 11.1 Å². The number of hydrogen-bond donors (Lipinski definition) is 0. The van der Waals surface area contributed by atoms with Crippen molar-refractivity contribution in [1.82, 2.24) is 0 Å². The Labute approximate surface area is 228 Å². The molecule has 0 radical (unpaired) electrons. The van der Waals surface area contributed by atoms with Crippen molar-refractivity contribution in [3.8, 4) is 16.9 Å². The van der Waals surface area contributed by atoms with Crippen LogP contribution >= 0.6 is 7.14 Å². The number of hydrogen-bond acceptors (Lipinski definition) is 4. The maximum Gasteiger partial charge on any atom is 0.573 e. The van der Waals surface area contributed by atoms with Crippen molar-refractivity contribution in [2.24, 2.45) is 5.92 Å². The number of amides is 1. The Kier molecular flexibility index (Phi) is 8.49. The van der Waals surface area contributed by atoms with Crippen LogP contribution in [0.2, 0.25) is 0 Å². The number of carbonyl (C=O) groups excluding carboxylic acids is 2. The molecule has 1 amide bonds. The fourth-order valence-corrected chi connectivity index (χ4v) is 6.14. The number of rotatable bonds is 8. The average Bonchev–Trinajstić information content (AvgIpc) is 2.85. The SMILES string of the molecule is CP(C)(=O)c1ccccc1-c1cc(F)c(N2CCC[C@@H](CC(=O)Cc3ccc(OC(F)(F)F)cc3)C2=O)c(F)c1. The zero-order valence-corrected chi connectivity index (χ0v) is 22.7. The molecule has 0 bridgehead atoms. The summed E-state index contributed by atoms with van der Waals surface area (Å²) in [6.45, 7) is 3.21. The molecule has 1 aliphatic rings. The number of carbonyl (C=O) groups is 2. The summed E-state index contributed by atoms with van der Waals surface area (Å²) in [5.74, 6) is -4.02. The second kappa shape index (κ2) is 11.5. The first-order valence-corrected chi connectivity index (χ1v) is 15.1. The number of anilines is 1. The summed E-state index contributed by atoms with van der Waals surface area (Å²) in [6.07, 6.45) is -4.34. The van der Waals surface area contributed by atoms with Crippen molar-refractivity contribution in [3.63, 3.8) is 0 Å². The van der Waals surface area contributed by atoms with Crippen LogP contribution in [0.4, 0.5) is 27.6 Å². The molecule has 1 atom stereocenters. The number of Topliss-reactive ketones (excluding diaryl/α,β-unsaturated/α-hetero) is 1. The molecule has 0 N–H and O–H groups in total. The summed E-state index contributed by atoms with van der Waals surface area (Å²) in [4.78, 5) is 26.9. The number of ether oxygens (including phenoxy) is 1. The Balaban J connectivity index is 1.49. The lowest BCUT2D eigenvalue weighted by Gasteiger charge is -2.32. The van der Waals surface area contributed by atoms with Crippen LogP contribution < -0.4 is 14.9 Å². The van der Waals surface area contributed by atoms with Gasteiger partial charge in [-0.2, -0.15) is 0 Å². The van der Waals surface area contributed by atoms with Crippen molar-refractivity contribution in [1.29, 1.82) is 0 Å². The van der Waals surface area contributed by atoms with E-state index < -0.39 is 48.4 Å². The fraction of sp³-hybridized carbons (Fsp3) is 0.310. The molecule has 0 aromatic heterocycles. The number of alkyl halides is 3. The van der Waals surface area contributed by atoms with E-state index in [1.165, 1.54) is 12.1 Å². The van der Waals surface area contributed by atoms with Gasteiger partial charge in [-0.3, -0.25) is 9.59 Å². The topological polar surface area (TPSA) is 63.7 Å². The third-order valence-electron chi connectivity index (χ3n) is 6.66. The Morgan fingerprint density at radius 3 is 2.25 bits per heavy atom. The van der Waals surface area contributed by atoms with Crippen LogP contribution in [0.15, 0.2) is 60.7 Å². The minimum Gasteiger partial charge on any atom is -0.406 e. The lowest BCUT2D eigenvalue weighted by Crippen LogP contribution is -2.43. The summed E-state index contributed by atoms with van der Waals surface area (Å²) < 4.78 is 84.3. The first-order chi connectivity index (χ1) is 18.7. The van der Waals surface area contributed by atoms with E-state index in [2.05, 4.69) is 4.74 Å². The lowest BCUT2D eigenvalue weighted by molar-refractivity contribution is -0.274. The molecule has 0 saturated carbocycles. The summed E-state index contributed by atoms with van der Waals surface area (Å²) in [5.41, 5.74) is 0.573. The van der Waals surface area contributed by atoms with E-state index in [1.807, 2.05) is 0 Å². The van der Waals surface area contributed by atoms with Gasteiger partial charge in [0.1, 0.15) is 24.4 Å².